The fourth-order valence-electron chi connectivity index (χ4n) is 4.23. The van der Waals surface area contributed by atoms with Crippen molar-refractivity contribution in [2.45, 2.75) is 75.4 Å². The lowest BCUT2D eigenvalue weighted by molar-refractivity contribution is -0.141. The summed E-state index contributed by atoms with van der Waals surface area (Å²) in [5, 5.41) is 4.90. The molecule has 0 heterocycles. The van der Waals surface area contributed by atoms with E-state index in [0.717, 1.165) is 36.1 Å². The number of carbonyl (C=O) groups excluding carboxylic acids is 2. The summed E-state index contributed by atoms with van der Waals surface area (Å²) in [5.74, 6) is 0.447. The second kappa shape index (κ2) is 13.6. The minimum Gasteiger partial charge on any atom is -0.352 e. The second-order valence-corrected chi connectivity index (χ2v) is 11.0. The van der Waals surface area contributed by atoms with Gasteiger partial charge in [0.05, 0.1) is 0 Å². The molecule has 1 aliphatic carbocycles. The average Bonchev–Trinajstić information content (AvgIpc) is 2.82. The summed E-state index contributed by atoms with van der Waals surface area (Å²) in [6.07, 6.45) is 6.31. The van der Waals surface area contributed by atoms with Gasteiger partial charge >= 0.3 is 0 Å². The fourth-order valence-corrected chi connectivity index (χ4v) is 5.66. The molecule has 1 N–H and O–H groups in total. The highest BCUT2D eigenvalue weighted by atomic mass is 35.5. The van der Waals surface area contributed by atoms with Gasteiger partial charge in [-0.15, -0.1) is 11.8 Å². The Balaban J connectivity index is 1.72. The first-order chi connectivity index (χ1) is 16.4. The third-order valence-corrected chi connectivity index (χ3v) is 7.94. The first-order valence-corrected chi connectivity index (χ1v) is 13.9. The molecule has 2 aromatic carbocycles. The Bertz CT molecular complexity index is 965. The van der Waals surface area contributed by atoms with Crippen LogP contribution in [-0.2, 0) is 16.1 Å². The van der Waals surface area contributed by atoms with Crippen LogP contribution in [0.4, 0.5) is 0 Å². The van der Waals surface area contributed by atoms with Gasteiger partial charge in [-0.3, -0.25) is 9.59 Å². The number of benzene rings is 2. The van der Waals surface area contributed by atoms with Gasteiger partial charge in [0.15, 0.2) is 0 Å². The summed E-state index contributed by atoms with van der Waals surface area (Å²) in [6, 6.07) is 12.4. The van der Waals surface area contributed by atoms with E-state index in [1.165, 1.54) is 6.42 Å². The molecular weight excluding hydrogens is 511 g/mol. The highest BCUT2D eigenvalue weighted by Gasteiger charge is 2.30. The molecule has 1 fully saturated rings. The van der Waals surface area contributed by atoms with Crippen molar-refractivity contribution in [2.75, 3.05) is 5.75 Å². The van der Waals surface area contributed by atoms with E-state index in [4.69, 9.17) is 34.8 Å². The normalized spacial score (nSPS) is 15.1. The maximum atomic E-state index is 13.4. The van der Waals surface area contributed by atoms with Crippen LogP contribution in [0.3, 0.4) is 0 Å². The van der Waals surface area contributed by atoms with E-state index in [9.17, 15) is 9.59 Å². The quantitative estimate of drug-likeness (QED) is 0.319. The SMILES string of the molecule is CCC(C(=O)NC1CCCCC1)N(Cc1ccc(Cl)cc1Cl)C(=O)CCSc1ccc(Cl)cc1. The van der Waals surface area contributed by atoms with Crippen LogP contribution < -0.4 is 5.32 Å². The number of hydrogen-bond donors (Lipinski definition) is 1. The van der Waals surface area contributed by atoms with E-state index in [-0.39, 0.29) is 24.4 Å². The molecule has 1 unspecified atom stereocenters. The number of amides is 2. The lowest BCUT2D eigenvalue weighted by atomic mass is 9.95. The first kappa shape index (κ1) is 27.2. The molecule has 184 valence electrons. The van der Waals surface area contributed by atoms with Crippen LogP contribution in [0.1, 0.15) is 57.4 Å². The van der Waals surface area contributed by atoms with E-state index in [2.05, 4.69) is 5.32 Å². The zero-order chi connectivity index (χ0) is 24.5. The zero-order valence-corrected chi connectivity index (χ0v) is 22.5. The Kier molecular flexibility index (Phi) is 10.9. The zero-order valence-electron chi connectivity index (χ0n) is 19.4. The van der Waals surface area contributed by atoms with Gasteiger partial charge in [0.2, 0.25) is 11.8 Å². The van der Waals surface area contributed by atoms with Crippen molar-refractivity contribution in [1.29, 1.82) is 0 Å². The Morgan fingerprint density at radius 3 is 2.35 bits per heavy atom. The Morgan fingerprint density at radius 2 is 1.71 bits per heavy atom. The van der Waals surface area contributed by atoms with Crippen LogP contribution in [0, 0.1) is 0 Å². The number of thioether (sulfide) groups is 1. The van der Waals surface area contributed by atoms with E-state index >= 15 is 0 Å². The monoisotopic (exact) mass is 540 g/mol. The topological polar surface area (TPSA) is 49.4 Å². The van der Waals surface area contributed by atoms with Crippen LogP contribution >= 0.6 is 46.6 Å². The number of hydrogen-bond acceptors (Lipinski definition) is 3. The van der Waals surface area contributed by atoms with Gasteiger partial charge in [0.1, 0.15) is 6.04 Å². The van der Waals surface area contributed by atoms with Crippen LogP contribution in [0.15, 0.2) is 47.4 Å². The second-order valence-electron chi connectivity index (χ2n) is 8.58. The molecule has 0 saturated heterocycles. The third-order valence-electron chi connectivity index (χ3n) is 6.09. The third kappa shape index (κ3) is 8.08. The average molecular weight is 542 g/mol. The van der Waals surface area contributed by atoms with Gasteiger partial charge in [0, 0.05) is 44.7 Å². The number of rotatable bonds is 10. The van der Waals surface area contributed by atoms with E-state index in [1.54, 1.807) is 28.8 Å². The van der Waals surface area contributed by atoms with Crippen molar-refractivity contribution in [2.24, 2.45) is 0 Å². The minimum atomic E-state index is -0.554. The van der Waals surface area contributed by atoms with Crippen LogP contribution in [-0.4, -0.2) is 34.6 Å². The Hall–Kier alpha value is -1.40. The highest BCUT2D eigenvalue weighted by Crippen LogP contribution is 2.26. The number of nitrogens with zero attached hydrogens (tertiary/aromatic N) is 1. The summed E-state index contributed by atoms with van der Waals surface area (Å²) >= 11 is 20.0. The summed E-state index contributed by atoms with van der Waals surface area (Å²) in [6.45, 7) is 2.20. The molecular formula is C26H31Cl3N2O2S. The largest absolute Gasteiger partial charge is 0.352 e. The molecule has 1 atom stereocenters. The number of carbonyl (C=O) groups is 2. The smallest absolute Gasteiger partial charge is 0.243 e. The van der Waals surface area contributed by atoms with Crippen LogP contribution in [0.25, 0.3) is 0 Å². The molecule has 0 bridgehead atoms. The highest BCUT2D eigenvalue weighted by molar-refractivity contribution is 7.99. The van der Waals surface area contributed by atoms with Crippen molar-refractivity contribution < 1.29 is 9.59 Å². The summed E-state index contributed by atoms with van der Waals surface area (Å²) < 4.78 is 0. The Morgan fingerprint density at radius 1 is 1.03 bits per heavy atom. The van der Waals surface area contributed by atoms with Crippen LogP contribution in [0.2, 0.25) is 15.1 Å². The molecule has 2 amide bonds. The lowest BCUT2D eigenvalue weighted by Gasteiger charge is -2.33. The molecule has 4 nitrogen and oxygen atoms in total. The van der Waals surface area contributed by atoms with E-state index in [1.807, 2.05) is 37.3 Å². The van der Waals surface area contributed by atoms with Crippen LogP contribution in [0.5, 0.6) is 0 Å². The van der Waals surface area contributed by atoms with E-state index < -0.39 is 6.04 Å². The standard InChI is InChI=1S/C26H31Cl3N2O2S/c1-2-24(26(33)30-21-6-4-3-5-7-21)31(17-18-8-9-20(28)16-23(18)29)25(32)14-15-34-22-12-10-19(27)11-13-22/h8-13,16,21,24H,2-7,14-15,17H2,1H3,(H,30,33). The summed E-state index contributed by atoms with van der Waals surface area (Å²) in [5.41, 5.74) is 0.772. The molecule has 1 aliphatic rings. The van der Waals surface area contributed by atoms with Crippen molar-refractivity contribution in [1.82, 2.24) is 10.2 Å². The molecule has 3 rings (SSSR count). The van der Waals surface area contributed by atoms with Crippen molar-refractivity contribution in [3.05, 3.63) is 63.1 Å². The number of halogens is 3. The van der Waals surface area contributed by atoms with Crippen molar-refractivity contribution in [3.63, 3.8) is 0 Å². The number of nitrogens with one attached hydrogen (secondary N) is 1. The molecule has 0 aromatic heterocycles. The van der Waals surface area contributed by atoms with Gasteiger partial charge < -0.3 is 10.2 Å². The molecule has 8 heteroatoms. The molecule has 0 spiro atoms. The summed E-state index contributed by atoms with van der Waals surface area (Å²) in [7, 11) is 0. The van der Waals surface area contributed by atoms with Gasteiger partial charge in [-0.1, -0.05) is 67.1 Å². The predicted molar refractivity (Wildman–Crippen MR) is 143 cm³/mol. The van der Waals surface area contributed by atoms with Crippen molar-refractivity contribution >= 4 is 58.4 Å². The summed E-state index contributed by atoms with van der Waals surface area (Å²) in [4.78, 5) is 29.4. The first-order valence-electron chi connectivity index (χ1n) is 11.8. The van der Waals surface area contributed by atoms with E-state index in [0.29, 0.717) is 33.7 Å². The minimum absolute atomic E-state index is 0.0712. The Labute approximate surface area is 221 Å². The maximum Gasteiger partial charge on any atom is 0.243 e. The molecule has 34 heavy (non-hydrogen) atoms. The van der Waals surface area contributed by atoms with Crippen molar-refractivity contribution in [3.8, 4) is 0 Å². The predicted octanol–water partition coefficient (Wildman–Crippen LogP) is 7.39. The fraction of sp³-hybridized carbons (Fsp3) is 0.462. The molecule has 0 aliphatic heterocycles. The maximum absolute atomic E-state index is 13.4. The lowest BCUT2D eigenvalue weighted by Crippen LogP contribution is -2.51. The molecule has 0 radical (unpaired) electrons. The van der Waals surface area contributed by atoms with Gasteiger partial charge in [-0.25, -0.2) is 0 Å². The van der Waals surface area contributed by atoms with Gasteiger partial charge in [-0.2, -0.15) is 0 Å². The molecule has 1 saturated carbocycles. The van der Waals surface area contributed by atoms with Gasteiger partial charge in [0.25, 0.3) is 0 Å². The van der Waals surface area contributed by atoms with Gasteiger partial charge in [-0.05, 0) is 61.2 Å². The molecule has 2 aromatic rings.